The first-order valence-corrected chi connectivity index (χ1v) is 8.08. The third-order valence-electron chi connectivity index (χ3n) is 2.34. The molecule has 0 N–H and O–H groups in total. The molecule has 0 saturated heterocycles. The predicted molar refractivity (Wildman–Crippen MR) is 69.7 cm³/mol. The number of nitriles is 1. The molecule has 0 amide bonds. The third kappa shape index (κ3) is 3.95. The minimum atomic E-state index is -0.771. The van der Waals surface area contributed by atoms with Gasteiger partial charge in [0.2, 0.25) is 9.04 Å². The van der Waals surface area contributed by atoms with Crippen LogP contribution in [0.25, 0.3) is 0 Å². The average molecular weight is 247 g/mol. The molecule has 3 nitrogen and oxygen atoms in total. The quantitative estimate of drug-likeness (QED) is 0.770. The van der Waals surface area contributed by atoms with Gasteiger partial charge in [0, 0.05) is 6.20 Å². The normalized spacial score (nSPS) is 13.5. The average Bonchev–Trinajstić information content (AvgIpc) is 2.24. The molecule has 0 saturated carbocycles. The van der Waals surface area contributed by atoms with Crippen molar-refractivity contribution in [2.75, 3.05) is 0 Å². The van der Waals surface area contributed by atoms with Gasteiger partial charge in [0.25, 0.3) is 0 Å². The number of pyridine rings is 1. The summed E-state index contributed by atoms with van der Waals surface area (Å²) < 4.78 is 6.05. The second-order valence-electron chi connectivity index (χ2n) is 5.36. The molecule has 0 aromatic carbocycles. The van der Waals surface area contributed by atoms with Gasteiger partial charge in [-0.1, -0.05) is 26.8 Å². The van der Waals surface area contributed by atoms with E-state index >= 15 is 0 Å². The molecule has 17 heavy (non-hydrogen) atoms. The highest BCUT2D eigenvalue weighted by atomic mass is 28.3. The molecule has 1 radical (unpaired) electrons. The fraction of sp³-hybridized carbons (Fsp3) is 0.538. The molecule has 1 heterocycles. The Morgan fingerprint density at radius 3 is 2.35 bits per heavy atom. The second kappa shape index (κ2) is 5.43. The molecule has 0 aliphatic rings. The molecule has 0 aliphatic heterocycles. The Labute approximate surface area is 105 Å². The minimum absolute atomic E-state index is 0.0256. The molecular formula is C13H19N2OSi. The van der Waals surface area contributed by atoms with Gasteiger partial charge in [-0.3, -0.25) is 0 Å². The highest BCUT2D eigenvalue weighted by molar-refractivity contribution is 6.48. The minimum Gasteiger partial charge on any atom is -0.410 e. The molecule has 4 heteroatoms. The zero-order chi connectivity index (χ0) is 13.1. The van der Waals surface area contributed by atoms with Crippen LogP contribution in [0, 0.1) is 16.7 Å². The van der Waals surface area contributed by atoms with Crippen LogP contribution in [0.5, 0.6) is 0 Å². The number of hydrogen-bond acceptors (Lipinski definition) is 3. The smallest absolute Gasteiger partial charge is 0.205 e. The molecule has 1 atom stereocenters. The van der Waals surface area contributed by atoms with E-state index in [1.807, 2.05) is 12.1 Å². The number of aromatic nitrogens is 1. The SMILES string of the molecule is C[Si](C)OC(c1ccc(C#N)nc1)C(C)(C)C. The van der Waals surface area contributed by atoms with Crippen LogP contribution in [0.4, 0.5) is 0 Å². The van der Waals surface area contributed by atoms with E-state index in [0.29, 0.717) is 5.69 Å². The highest BCUT2D eigenvalue weighted by Crippen LogP contribution is 2.36. The van der Waals surface area contributed by atoms with Gasteiger partial charge < -0.3 is 4.43 Å². The van der Waals surface area contributed by atoms with Crippen molar-refractivity contribution < 1.29 is 4.43 Å². The van der Waals surface area contributed by atoms with Crippen molar-refractivity contribution in [2.24, 2.45) is 5.41 Å². The fourth-order valence-electron chi connectivity index (χ4n) is 1.61. The van der Waals surface area contributed by atoms with Crippen LogP contribution in [0.3, 0.4) is 0 Å². The zero-order valence-corrected chi connectivity index (χ0v) is 12.1. The lowest BCUT2D eigenvalue weighted by Gasteiger charge is -2.32. The summed E-state index contributed by atoms with van der Waals surface area (Å²) in [4.78, 5) is 4.11. The summed E-state index contributed by atoms with van der Waals surface area (Å²) in [5.41, 5.74) is 1.51. The van der Waals surface area contributed by atoms with Crippen molar-refractivity contribution >= 4 is 9.04 Å². The van der Waals surface area contributed by atoms with Crippen LogP contribution in [0.1, 0.15) is 38.1 Å². The van der Waals surface area contributed by atoms with Gasteiger partial charge in [-0.05, 0) is 30.1 Å². The Hall–Kier alpha value is -1.18. The molecule has 1 unspecified atom stereocenters. The molecule has 1 aromatic rings. The molecule has 0 aliphatic carbocycles. The molecule has 0 bridgehead atoms. The van der Waals surface area contributed by atoms with Crippen molar-refractivity contribution in [3.8, 4) is 6.07 Å². The Balaban J connectivity index is 3.01. The molecule has 0 fully saturated rings. The first-order valence-electron chi connectivity index (χ1n) is 5.67. The Bertz CT molecular complexity index is 401. The van der Waals surface area contributed by atoms with Gasteiger partial charge in [-0.25, -0.2) is 4.98 Å². The van der Waals surface area contributed by atoms with Gasteiger partial charge >= 0.3 is 0 Å². The number of hydrogen-bond donors (Lipinski definition) is 0. The lowest BCUT2D eigenvalue weighted by Crippen LogP contribution is -2.26. The van der Waals surface area contributed by atoms with E-state index in [1.165, 1.54) is 0 Å². The Morgan fingerprint density at radius 2 is 2.00 bits per heavy atom. The summed E-state index contributed by atoms with van der Waals surface area (Å²) in [5, 5.41) is 8.73. The van der Waals surface area contributed by atoms with Gasteiger partial charge in [-0.2, -0.15) is 5.26 Å². The van der Waals surface area contributed by atoms with Crippen LogP contribution < -0.4 is 0 Å². The van der Waals surface area contributed by atoms with Gasteiger partial charge in [0.1, 0.15) is 11.8 Å². The van der Waals surface area contributed by atoms with E-state index in [2.05, 4.69) is 38.8 Å². The van der Waals surface area contributed by atoms with E-state index in [-0.39, 0.29) is 11.5 Å². The van der Waals surface area contributed by atoms with E-state index in [9.17, 15) is 0 Å². The molecule has 1 aromatic heterocycles. The van der Waals surface area contributed by atoms with E-state index in [0.717, 1.165) is 5.56 Å². The van der Waals surface area contributed by atoms with Gasteiger partial charge in [-0.15, -0.1) is 0 Å². The molecular weight excluding hydrogens is 228 g/mol. The van der Waals surface area contributed by atoms with Crippen LogP contribution in [0.15, 0.2) is 18.3 Å². The van der Waals surface area contributed by atoms with Crippen LogP contribution in [0.2, 0.25) is 13.1 Å². The Kier molecular flexibility index (Phi) is 4.44. The highest BCUT2D eigenvalue weighted by Gasteiger charge is 2.28. The van der Waals surface area contributed by atoms with E-state index in [4.69, 9.17) is 9.69 Å². The molecule has 0 spiro atoms. The first kappa shape index (κ1) is 13.9. The lowest BCUT2D eigenvalue weighted by molar-refractivity contribution is 0.0863. The topological polar surface area (TPSA) is 45.9 Å². The predicted octanol–water partition coefficient (Wildman–Crippen LogP) is 3.31. The first-order chi connectivity index (χ1) is 7.84. The zero-order valence-electron chi connectivity index (χ0n) is 11.1. The lowest BCUT2D eigenvalue weighted by atomic mass is 9.85. The van der Waals surface area contributed by atoms with E-state index < -0.39 is 9.04 Å². The fourth-order valence-corrected chi connectivity index (χ4v) is 2.57. The third-order valence-corrected chi connectivity index (χ3v) is 3.05. The summed E-state index contributed by atoms with van der Waals surface area (Å²) in [5.74, 6) is 0. The van der Waals surface area contributed by atoms with Crippen LogP contribution in [-0.4, -0.2) is 14.0 Å². The van der Waals surface area contributed by atoms with Crippen molar-refractivity contribution in [1.29, 1.82) is 5.26 Å². The summed E-state index contributed by atoms with van der Waals surface area (Å²) >= 11 is 0. The van der Waals surface area contributed by atoms with Crippen molar-refractivity contribution in [2.45, 2.75) is 40.0 Å². The number of nitrogens with zero attached hydrogens (tertiary/aromatic N) is 2. The maximum Gasteiger partial charge on any atom is 0.205 e. The van der Waals surface area contributed by atoms with Crippen LogP contribution in [-0.2, 0) is 4.43 Å². The maximum absolute atomic E-state index is 8.73. The number of rotatable bonds is 3. The van der Waals surface area contributed by atoms with Crippen LogP contribution >= 0.6 is 0 Å². The van der Waals surface area contributed by atoms with Crippen molar-refractivity contribution in [3.05, 3.63) is 29.6 Å². The largest absolute Gasteiger partial charge is 0.410 e. The van der Waals surface area contributed by atoms with Crippen molar-refractivity contribution in [3.63, 3.8) is 0 Å². The van der Waals surface area contributed by atoms with Crippen molar-refractivity contribution in [1.82, 2.24) is 4.98 Å². The summed E-state index contributed by atoms with van der Waals surface area (Å²) in [6, 6.07) is 5.71. The summed E-state index contributed by atoms with van der Waals surface area (Å²) in [6.45, 7) is 10.7. The maximum atomic E-state index is 8.73. The molecule has 1 rings (SSSR count). The summed E-state index contributed by atoms with van der Waals surface area (Å²) in [6.07, 6.45) is 1.78. The second-order valence-corrected chi connectivity index (χ2v) is 7.41. The van der Waals surface area contributed by atoms with Gasteiger partial charge in [0.15, 0.2) is 0 Å². The standard InChI is InChI=1S/C13H19N2OSi/c1-13(2,3)12(16-17(4)5)10-6-7-11(8-14)15-9-10/h6-7,9,12H,1-5H3. The van der Waals surface area contributed by atoms with Gasteiger partial charge in [0.05, 0.1) is 6.10 Å². The van der Waals surface area contributed by atoms with E-state index in [1.54, 1.807) is 12.3 Å². The molecule has 91 valence electrons. The monoisotopic (exact) mass is 247 g/mol. The summed E-state index contributed by atoms with van der Waals surface area (Å²) in [7, 11) is -0.771. The Morgan fingerprint density at radius 1 is 1.35 bits per heavy atom.